The normalized spacial score (nSPS) is 11.9. The largest absolute Gasteiger partial charge is 0.462 e. The first-order valence-corrected chi connectivity index (χ1v) is 26.9. The summed E-state index contributed by atoms with van der Waals surface area (Å²) in [6, 6.07) is 0. The molecule has 0 heterocycles. The summed E-state index contributed by atoms with van der Waals surface area (Å²) in [6.07, 6.45) is 50.9. The average Bonchev–Trinajstić information content (AvgIpc) is 3.23. The highest BCUT2D eigenvalue weighted by Gasteiger charge is 2.19. The lowest BCUT2D eigenvalue weighted by molar-refractivity contribution is -0.167. The molecule has 0 amide bonds. The van der Waals surface area contributed by atoms with Gasteiger partial charge in [-0.15, -0.1) is 0 Å². The van der Waals surface area contributed by atoms with Crippen molar-refractivity contribution in [2.45, 2.75) is 310 Å². The highest BCUT2D eigenvalue weighted by Crippen LogP contribution is 2.17. The van der Waals surface area contributed by atoms with Crippen molar-refractivity contribution < 1.29 is 28.6 Å². The zero-order chi connectivity index (χ0) is 43.8. The summed E-state index contributed by atoms with van der Waals surface area (Å²) in [5.41, 5.74) is 0. The summed E-state index contributed by atoms with van der Waals surface area (Å²) in [5, 5.41) is 0. The van der Waals surface area contributed by atoms with E-state index < -0.39 is 6.10 Å². The number of ether oxygens (including phenoxy) is 3. The molecule has 6 heteroatoms. The molecule has 0 fully saturated rings. The molecule has 0 rings (SSSR count). The standard InChI is InChI=1S/C54H104O6/c1-5-7-9-11-13-15-17-19-21-22-23-25-26-28-33-37-41-45-52(55)58-48-51(49-59-53(56)46-42-38-34-31-30-32-36-40-44-50(3)4)60-54(57)47-43-39-35-29-27-24-20-18-16-14-12-10-8-6-2/h50-51H,5-49H2,1-4H3/t51-/m0/s1. The van der Waals surface area contributed by atoms with E-state index in [4.69, 9.17) is 14.2 Å². The Morgan fingerprint density at radius 2 is 0.550 bits per heavy atom. The first-order chi connectivity index (χ1) is 29.4. The second-order valence-electron chi connectivity index (χ2n) is 19.0. The molecule has 0 aliphatic rings. The SMILES string of the molecule is CCCCCCCCCCCCCCCCCCCC(=O)OC[C@@H](COC(=O)CCCCCCCCCCC(C)C)OC(=O)CCCCCCCCCCCCCCCC. The van der Waals surface area contributed by atoms with E-state index in [1.54, 1.807) is 0 Å². The third kappa shape index (κ3) is 47.5. The van der Waals surface area contributed by atoms with Gasteiger partial charge >= 0.3 is 17.9 Å². The smallest absolute Gasteiger partial charge is 0.306 e. The van der Waals surface area contributed by atoms with Crippen molar-refractivity contribution in [2.75, 3.05) is 13.2 Å². The second-order valence-corrected chi connectivity index (χ2v) is 19.0. The van der Waals surface area contributed by atoms with Gasteiger partial charge < -0.3 is 14.2 Å². The van der Waals surface area contributed by atoms with Crippen molar-refractivity contribution in [3.63, 3.8) is 0 Å². The topological polar surface area (TPSA) is 78.9 Å². The fraction of sp³-hybridized carbons (Fsp3) is 0.944. The predicted molar refractivity (Wildman–Crippen MR) is 257 cm³/mol. The van der Waals surface area contributed by atoms with Gasteiger partial charge in [-0.05, 0) is 25.2 Å². The lowest BCUT2D eigenvalue weighted by Crippen LogP contribution is -2.30. The van der Waals surface area contributed by atoms with Crippen molar-refractivity contribution in [2.24, 2.45) is 5.92 Å². The fourth-order valence-electron chi connectivity index (χ4n) is 8.22. The van der Waals surface area contributed by atoms with E-state index in [0.717, 1.165) is 63.7 Å². The van der Waals surface area contributed by atoms with E-state index in [1.165, 1.54) is 199 Å². The Morgan fingerprint density at radius 1 is 0.317 bits per heavy atom. The van der Waals surface area contributed by atoms with Crippen LogP contribution in [-0.2, 0) is 28.6 Å². The second kappa shape index (κ2) is 48.4. The van der Waals surface area contributed by atoms with Crippen molar-refractivity contribution in [1.29, 1.82) is 0 Å². The van der Waals surface area contributed by atoms with E-state index in [9.17, 15) is 14.4 Å². The van der Waals surface area contributed by atoms with Gasteiger partial charge in [0.05, 0.1) is 0 Å². The summed E-state index contributed by atoms with van der Waals surface area (Å²) in [5.74, 6) is -0.0469. The molecule has 0 aliphatic heterocycles. The van der Waals surface area contributed by atoms with Gasteiger partial charge in [-0.1, -0.05) is 265 Å². The zero-order valence-electron chi connectivity index (χ0n) is 40.9. The van der Waals surface area contributed by atoms with Gasteiger partial charge in [0.2, 0.25) is 0 Å². The monoisotopic (exact) mass is 849 g/mol. The van der Waals surface area contributed by atoms with E-state index in [1.807, 2.05) is 0 Å². The highest BCUT2D eigenvalue weighted by molar-refractivity contribution is 5.71. The van der Waals surface area contributed by atoms with Gasteiger partial charge in [-0.25, -0.2) is 0 Å². The Bertz CT molecular complexity index is 903. The molecule has 0 aromatic rings. The maximum Gasteiger partial charge on any atom is 0.306 e. The van der Waals surface area contributed by atoms with Crippen molar-refractivity contribution in [1.82, 2.24) is 0 Å². The van der Waals surface area contributed by atoms with Crippen LogP contribution in [0.4, 0.5) is 0 Å². The summed E-state index contributed by atoms with van der Waals surface area (Å²) in [6.45, 7) is 9.00. The molecule has 1 atom stereocenters. The summed E-state index contributed by atoms with van der Waals surface area (Å²) < 4.78 is 16.8. The number of carbonyl (C=O) groups is 3. The minimum Gasteiger partial charge on any atom is -0.462 e. The van der Waals surface area contributed by atoms with Crippen LogP contribution in [0.5, 0.6) is 0 Å². The third-order valence-corrected chi connectivity index (χ3v) is 12.3. The Hall–Kier alpha value is -1.59. The van der Waals surface area contributed by atoms with Crippen LogP contribution < -0.4 is 0 Å². The van der Waals surface area contributed by atoms with Crippen LogP contribution in [0.1, 0.15) is 304 Å². The molecule has 0 aromatic carbocycles. The van der Waals surface area contributed by atoms with Crippen LogP contribution in [0.3, 0.4) is 0 Å². The van der Waals surface area contributed by atoms with Crippen LogP contribution >= 0.6 is 0 Å². The maximum atomic E-state index is 12.8. The Kier molecular flexibility index (Phi) is 47.2. The third-order valence-electron chi connectivity index (χ3n) is 12.3. The number of hydrogen-bond donors (Lipinski definition) is 0. The van der Waals surface area contributed by atoms with Gasteiger partial charge in [0.1, 0.15) is 13.2 Å². The number of unbranched alkanes of at least 4 members (excludes halogenated alkanes) is 36. The molecule has 0 unspecified atom stereocenters. The first kappa shape index (κ1) is 58.4. The summed E-state index contributed by atoms with van der Waals surface area (Å²) in [7, 11) is 0. The number of carbonyl (C=O) groups excluding carboxylic acids is 3. The molecule has 0 spiro atoms. The van der Waals surface area contributed by atoms with Gasteiger partial charge in [0, 0.05) is 19.3 Å². The molecule has 60 heavy (non-hydrogen) atoms. The molecule has 356 valence electrons. The first-order valence-electron chi connectivity index (χ1n) is 26.9. The van der Waals surface area contributed by atoms with Crippen LogP contribution in [0.2, 0.25) is 0 Å². The molecule has 0 saturated carbocycles. The molecule has 0 N–H and O–H groups in total. The van der Waals surface area contributed by atoms with Gasteiger partial charge in [0.25, 0.3) is 0 Å². The van der Waals surface area contributed by atoms with E-state index in [-0.39, 0.29) is 31.1 Å². The maximum absolute atomic E-state index is 12.8. The van der Waals surface area contributed by atoms with Gasteiger partial charge in [-0.3, -0.25) is 14.4 Å². The summed E-state index contributed by atoms with van der Waals surface area (Å²) in [4.78, 5) is 38.0. The average molecular weight is 849 g/mol. The molecule has 0 aromatic heterocycles. The van der Waals surface area contributed by atoms with Crippen LogP contribution in [0.25, 0.3) is 0 Å². The number of hydrogen-bond acceptors (Lipinski definition) is 6. The fourth-order valence-corrected chi connectivity index (χ4v) is 8.22. The Labute approximate surface area is 374 Å². The van der Waals surface area contributed by atoms with Crippen molar-refractivity contribution in [3.05, 3.63) is 0 Å². The van der Waals surface area contributed by atoms with Crippen LogP contribution in [0, 0.1) is 5.92 Å². The van der Waals surface area contributed by atoms with E-state index in [0.29, 0.717) is 19.3 Å². The highest BCUT2D eigenvalue weighted by atomic mass is 16.6. The number of esters is 3. The molecular weight excluding hydrogens is 745 g/mol. The van der Waals surface area contributed by atoms with Gasteiger partial charge in [-0.2, -0.15) is 0 Å². The minimum absolute atomic E-state index is 0.0628. The van der Waals surface area contributed by atoms with E-state index >= 15 is 0 Å². The predicted octanol–water partition coefficient (Wildman–Crippen LogP) is 17.5. The molecular formula is C54H104O6. The molecule has 6 nitrogen and oxygen atoms in total. The Balaban J connectivity index is 4.28. The molecule has 0 radical (unpaired) electrons. The molecule has 0 bridgehead atoms. The number of rotatable bonds is 49. The molecule has 0 saturated heterocycles. The lowest BCUT2D eigenvalue weighted by atomic mass is 10.0. The van der Waals surface area contributed by atoms with Gasteiger partial charge in [0.15, 0.2) is 6.10 Å². The van der Waals surface area contributed by atoms with Crippen LogP contribution in [0.15, 0.2) is 0 Å². The quantitative estimate of drug-likeness (QED) is 0.0345. The zero-order valence-corrected chi connectivity index (χ0v) is 40.9. The minimum atomic E-state index is -0.761. The van der Waals surface area contributed by atoms with E-state index in [2.05, 4.69) is 27.7 Å². The Morgan fingerprint density at radius 3 is 0.817 bits per heavy atom. The van der Waals surface area contributed by atoms with Crippen molar-refractivity contribution >= 4 is 17.9 Å². The van der Waals surface area contributed by atoms with Crippen molar-refractivity contribution in [3.8, 4) is 0 Å². The molecule has 0 aliphatic carbocycles. The van der Waals surface area contributed by atoms with Crippen LogP contribution in [-0.4, -0.2) is 37.2 Å². The summed E-state index contributed by atoms with van der Waals surface area (Å²) >= 11 is 0. The lowest BCUT2D eigenvalue weighted by Gasteiger charge is -2.18.